The fourth-order valence-electron chi connectivity index (χ4n) is 3.60. The molecule has 1 heterocycles. The van der Waals surface area contributed by atoms with Crippen LogP contribution in [0.25, 0.3) is 0 Å². The topological polar surface area (TPSA) is 79.9 Å². The number of hydrogen-bond donors (Lipinski definition) is 2. The molecule has 2 unspecified atom stereocenters. The number of nitrogens with zero attached hydrogens (tertiary/aromatic N) is 1. The van der Waals surface area contributed by atoms with Gasteiger partial charge in [0.25, 0.3) is 5.91 Å². The number of amides is 2. The largest absolute Gasteiger partial charge is 0.484 e. The second-order valence-electron chi connectivity index (χ2n) is 7.92. The summed E-state index contributed by atoms with van der Waals surface area (Å²) in [5, 5.41) is 5.87. The highest BCUT2D eigenvalue weighted by molar-refractivity contribution is 7.98. The maximum Gasteiger partial charge on any atom is 0.258 e. The van der Waals surface area contributed by atoms with E-state index in [4.69, 9.17) is 9.47 Å². The first-order chi connectivity index (χ1) is 16.1. The Labute approximate surface area is 200 Å². The molecule has 0 spiro atoms. The molecule has 2 amide bonds. The van der Waals surface area contributed by atoms with Crippen LogP contribution in [-0.2, 0) is 14.3 Å². The van der Waals surface area contributed by atoms with E-state index in [-0.39, 0.29) is 24.5 Å². The first-order valence-corrected chi connectivity index (χ1v) is 12.7. The van der Waals surface area contributed by atoms with Gasteiger partial charge in [-0.25, -0.2) is 0 Å². The van der Waals surface area contributed by atoms with Crippen molar-refractivity contribution in [1.82, 2.24) is 10.6 Å². The van der Waals surface area contributed by atoms with Crippen molar-refractivity contribution in [2.24, 2.45) is 0 Å². The van der Waals surface area contributed by atoms with Crippen molar-refractivity contribution in [3.8, 4) is 5.75 Å². The summed E-state index contributed by atoms with van der Waals surface area (Å²) in [6.45, 7) is 5.08. The van der Waals surface area contributed by atoms with Crippen LogP contribution in [0.15, 0.2) is 54.6 Å². The zero-order valence-electron chi connectivity index (χ0n) is 19.3. The van der Waals surface area contributed by atoms with Crippen LogP contribution in [0.2, 0.25) is 0 Å². The average molecular weight is 472 g/mol. The Morgan fingerprint density at radius 3 is 2.42 bits per heavy atom. The van der Waals surface area contributed by atoms with Crippen molar-refractivity contribution in [2.45, 2.75) is 25.4 Å². The predicted octanol–water partition coefficient (Wildman–Crippen LogP) is 3.02. The number of carbonyl (C=O) groups excluding carboxylic acids is 2. The minimum Gasteiger partial charge on any atom is -0.484 e. The molecule has 0 radical (unpaired) electrons. The predicted molar refractivity (Wildman–Crippen MR) is 133 cm³/mol. The highest BCUT2D eigenvalue weighted by atomic mass is 32.2. The van der Waals surface area contributed by atoms with Crippen molar-refractivity contribution in [1.29, 1.82) is 0 Å². The van der Waals surface area contributed by atoms with Gasteiger partial charge in [-0.2, -0.15) is 11.8 Å². The molecule has 33 heavy (non-hydrogen) atoms. The molecular formula is C25H33N3O4S. The Hall–Kier alpha value is -2.71. The Balaban J connectivity index is 1.53. The molecule has 2 aromatic rings. The second kappa shape index (κ2) is 13.1. The van der Waals surface area contributed by atoms with Crippen molar-refractivity contribution in [2.75, 3.05) is 49.8 Å². The van der Waals surface area contributed by atoms with Crippen LogP contribution in [0.4, 0.5) is 5.69 Å². The summed E-state index contributed by atoms with van der Waals surface area (Å²) in [7, 11) is 0. The number of ether oxygens (including phenoxy) is 2. The molecule has 2 aromatic carbocycles. The van der Waals surface area contributed by atoms with Gasteiger partial charge < -0.3 is 25.0 Å². The fourth-order valence-corrected chi connectivity index (χ4v) is 4.07. The van der Waals surface area contributed by atoms with Gasteiger partial charge in [-0.15, -0.1) is 0 Å². The van der Waals surface area contributed by atoms with Crippen LogP contribution in [0, 0.1) is 0 Å². The van der Waals surface area contributed by atoms with Crippen LogP contribution in [0.1, 0.15) is 24.9 Å². The first kappa shape index (κ1) is 24.9. The molecule has 2 N–H and O–H groups in total. The Morgan fingerprint density at radius 2 is 1.76 bits per heavy atom. The molecule has 1 aliphatic rings. The third-order valence-electron chi connectivity index (χ3n) is 5.50. The molecular weight excluding hydrogens is 438 g/mol. The number of carbonyl (C=O) groups is 2. The third kappa shape index (κ3) is 7.98. The number of thioether (sulfide) groups is 1. The van der Waals surface area contributed by atoms with Crippen LogP contribution < -0.4 is 20.3 Å². The molecule has 8 heteroatoms. The summed E-state index contributed by atoms with van der Waals surface area (Å²) in [5.74, 6) is 0.872. The summed E-state index contributed by atoms with van der Waals surface area (Å²) in [6.07, 6.45) is 2.53. The number of benzene rings is 2. The Bertz CT molecular complexity index is 873. The van der Waals surface area contributed by atoms with Crippen LogP contribution >= 0.6 is 11.8 Å². The first-order valence-electron chi connectivity index (χ1n) is 11.3. The van der Waals surface area contributed by atoms with Crippen molar-refractivity contribution in [3.63, 3.8) is 0 Å². The van der Waals surface area contributed by atoms with Gasteiger partial charge in [0.15, 0.2) is 6.61 Å². The van der Waals surface area contributed by atoms with Crippen LogP contribution in [-0.4, -0.2) is 62.8 Å². The van der Waals surface area contributed by atoms with Gasteiger partial charge in [0.05, 0.1) is 19.3 Å². The SMILES string of the molecule is CSCCC(NC(=O)COc1ccccc1)C(=O)NC(C)c1ccc(N2CCOCC2)cc1. The lowest BCUT2D eigenvalue weighted by Crippen LogP contribution is -2.48. The summed E-state index contributed by atoms with van der Waals surface area (Å²) < 4.78 is 10.9. The summed E-state index contributed by atoms with van der Waals surface area (Å²) in [6, 6.07) is 16.6. The van der Waals surface area contributed by atoms with Crippen LogP contribution in [0.5, 0.6) is 5.75 Å². The summed E-state index contributed by atoms with van der Waals surface area (Å²) in [5.41, 5.74) is 2.17. The zero-order chi connectivity index (χ0) is 23.5. The fraction of sp³-hybridized carbons (Fsp3) is 0.440. The number of nitrogens with one attached hydrogen (secondary N) is 2. The van der Waals surface area contributed by atoms with Gasteiger partial charge in [0.2, 0.25) is 5.91 Å². The molecule has 1 saturated heterocycles. The normalized spacial score (nSPS) is 15.4. The molecule has 3 rings (SSSR count). The maximum atomic E-state index is 13.0. The molecule has 0 aliphatic carbocycles. The van der Waals surface area contributed by atoms with E-state index in [9.17, 15) is 9.59 Å². The van der Waals surface area contributed by atoms with Gasteiger partial charge in [-0.1, -0.05) is 30.3 Å². The van der Waals surface area contributed by atoms with Gasteiger partial charge in [0.1, 0.15) is 11.8 Å². The standard InChI is InChI=1S/C25H33N3O4S/c1-19(20-8-10-21(11-9-20)28-13-15-31-16-14-28)26-25(30)23(12-17-33-2)27-24(29)18-32-22-6-4-3-5-7-22/h3-11,19,23H,12-18H2,1-2H3,(H,26,30)(H,27,29). The lowest BCUT2D eigenvalue weighted by Gasteiger charge is -2.29. The van der Waals surface area contributed by atoms with E-state index in [1.54, 1.807) is 23.9 Å². The van der Waals surface area contributed by atoms with Crippen molar-refractivity contribution >= 4 is 29.3 Å². The van der Waals surface area contributed by atoms with Crippen LogP contribution in [0.3, 0.4) is 0 Å². The number of anilines is 1. The maximum absolute atomic E-state index is 13.0. The smallest absolute Gasteiger partial charge is 0.258 e. The number of hydrogen-bond acceptors (Lipinski definition) is 6. The van der Waals surface area contributed by atoms with E-state index in [2.05, 4.69) is 27.7 Å². The van der Waals surface area contributed by atoms with E-state index in [1.807, 2.05) is 43.5 Å². The van der Waals surface area contributed by atoms with E-state index in [1.165, 1.54) is 0 Å². The minimum atomic E-state index is -0.612. The van der Waals surface area contributed by atoms with E-state index < -0.39 is 6.04 Å². The average Bonchev–Trinajstić information content (AvgIpc) is 2.86. The molecule has 7 nitrogen and oxygen atoms in total. The summed E-state index contributed by atoms with van der Waals surface area (Å²) >= 11 is 1.64. The number of para-hydroxylation sites is 1. The molecule has 1 fully saturated rings. The molecule has 0 bridgehead atoms. The molecule has 0 saturated carbocycles. The summed E-state index contributed by atoms with van der Waals surface area (Å²) in [4.78, 5) is 27.7. The third-order valence-corrected chi connectivity index (χ3v) is 6.15. The zero-order valence-corrected chi connectivity index (χ0v) is 20.1. The minimum absolute atomic E-state index is 0.133. The quantitative estimate of drug-likeness (QED) is 0.525. The lowest BCUT2D eigenvalue weighted by atomic mass is 10.1. The van der Waals surface area contributed by atoms with E-state index in [0.29, 0.717) is 12.2 Å². The van der Waals surface area contributed by atoms with Gasteiger partial charge in [0, 0.05) is 18.8 Å². The lowest BCUT2D eigenvalue weighted by molar-refractivity contribution is -0.130. The highest BCUT2D eigenvalue weighted by Gasteiger charge is 2.22. The molecule has 178 valence electrons. The monoisotopic (exact) mass is 471 g/mol. The number of morpholine rings is 1. The molecule has 0 aromatic heterocycles. The van der Waals surface area contributed by atoms with Crippen molar-refractivity contribution < 1.29 is 19.1 Å². The van der Waals surface area contributed by atoms with Gasteiger partial charge in [-0.05, 0) is 55.2 Å². The van der Waals surface area contributed by atoms with E-state index in [0.717, 1.165) is 43.3 Å². The van der Waals surface area contributed by atoms with Crippen molar-refractivity contribution in [3.05, 3.63) is 60.2 Å². The Kier molecular flexibility index (Phi) is 9.90. The number of rotatable bonds is 11. The Morgan fingerprint density at radius 1 is 1.06 bits per heavy atom. The molecule has 2 atom stereocenters. The van der Waals surface area contributed by atoms with Gasteiger partial charge in [-0.3, -0.25) is 9.59 Å². The van der Waals surface area contributed by atoms with Gasteiger partial charge >= 0.3 is 0 Å². The second-order valence-corrected chi connectivity index (χ2v) is 8.91. The molecule has 1 aliphatic heterocycles. The van der Waals surface area contributed by atoms with E-state index >= 15 is 0 Å². The highest BCUT2D eigenvalue weighted by Crippen LogP contribution is 2.20.